The van der Waals surface area contributed by atoms with Crippen LogP contribution in [0.25, 0.3) is 11.2 Å². The molecular formula is C12H17N5O3S. The van der Waals surface area contributed by atoms with E-state index in [-0.39, 0.29) is 6.61 Å². The Bertz CT molecular complexity index is 712. The third-order valence-electron chi connectivity index (χ3n) is 3.55. The fourth-order valence-corrected chi connectivity index (χ4v) is 2.64. The van der Waals surface area contributed by atoms with Crippen LogP contribution in [0.15, 0.2) is 6.33 Å². The summed E-state index contributed by atoms with van der Waals surface area (Å²) in [6.45, 7) is -0.217. The normalized spacial score (nSPS) is 25.6. The minimum absolute atomic E-state index is 0.217. The van der Waals surface area contributed by atoms with Gasteiger partial charge in [0.2, 0.25) is 5.95 Å². The van der Waals surface area contributed by atoms with Crippen LogP contribution in [0.2, 0.25) is 0 Å². The Balaban J connectivity index is 2.06. The maximum absolute atomic E-state index is 9.86. The number of aromatic amines is 1. The number of aliphatic hydroxyl groups is 2. The predicted molar refractivity (Wildman–Crippen MR) is 78.7 cm³/mol. The van der Waals surface area contributed by atoms with E-state index in [9.17, 15) is 10.2 Å². The average molecular weight is 311 g/mol. The molecule has 1 fully saturated rings. The van der Waals surface area contributed by atoms with E-state index in [4.69, 9.17) is 17.0 Å². The van der Waals surface area contributed by atoms with Crippen LogP contribution < -0.4 is 4.90 Å². The molecule has 3 heterocycles. The molecule has 0 radical (unpaired) electrons. The van der Waals surface area contributed by atoms with Crippen molar-refractivity contribution in [1.82, 2.24) is 19.5 Å². The molecule has 21 heavy (non-hydrogen) atoms. The fraction of sp³-hybridized carbons (Fsp3) is 0.583. The van der Waals surface area contributed by atoms with Gasteiger partial charge < -0.3 is 24.8 Å². The SMILES string of the molecule is CN(C)c1nc(=S)c2ncn([C@H]3C[C@@H](O)[C@H](CO)O3)c2[nH]1. The Morgan fingerprint density at radius 1 is 1.57 bits per heavy atom. The first-order valence-electron chi connectivity index (χ1n) is 6.60. The number of hydrogen-bond donors (Lipinski definition) is 3. The smallest absolute Gasteiger partial charge is 0.205 e. The third-order valence-corrected chi connectivity index (χ3v) is 3.84. The number of aromatic nitrogens is 4. The Kier molecular flexibility index (Phi) is 3.66. The lowest BCUT2D eigenvalue weighted by atomic mass is 10.2. The van der Waals surface area contributed by atoms with E-state index in [0.29, 0.717) is 28.2 Å². The minimum atomic E-state index is -0.699. The van der Waals surface area contributed by atoms with Crippen molar-refractivity contribution in [2.24, 2.45) is 0 Å². The molecule has 9 heteroatoms. The van der Waals surface area contributed by atoms with E-state index in [2.05, 4.69) is 15.0 Å². The van der Waals surface area contributed by atoms with Crippen molar-refractivity contribution in [3.05, 3.63) is 11.0 Å². The summed E-state index contributed by atoms with van der Waals surface area (Å²) in [7, 11) is 3.72. The number of aliphatic hydroxyl groups excluding tert-OH is 2. The lowest BCUT2D eigenvalue weighted by Gasteiger charge is -2.15. The number of rotatable bonds is 3. The van der Waals surface area contributed by atoms with Crippen molar-refractivity contribution in [2.45, 2.75) is 24.9 Å². The van der Waals surface area contributed by atoms with E-state index in [1.807, 2.05) is 19.0 Å². The molecule has 3 rings (SSSR count). The second kappa shape index (κ2) is 5.34. The lowest BCUT2D eigenvalue weighted by molar-refractivity contribution is -0.0432. The van der Waals surface area contributed by atoms with Gasteiger partial charge in [-0.15, -0.1) is 0 Å². The van der Waals surface area contributed by atoms with Gasteiger partial charge in [0.1, 0.15) is 23.5 Å². The monoisotopic (exact) mass is 311 g/mol. The van der Waals surface area contributed by atoms with Gasteiger partial charge in [-0.05, 0) is 0 Å². The van der Waals surface area contributed by atoms with Crippen LogP contribution in [-0.4, -0.2) is 62.6 Å². The minimum Gasteiger partial charge on any atom is -0.394 e. The number of nitrogens with one attached hydrogen (secondary N) is 1. The van der Waals surface area contributed by atoms with Crippen molar-refractivity contribution >= 4 is 29.3 Å². The summed E-state index contributed by atoms with van der Waals surface area (Å²) in [5, 5.41) is 19.0. The van der Waals surface area contributed by atoms with Gasteiger partial charge in [-0.1, -0.05) is 12.2 Å². The van der Waals surface area contributed by atoms with Crippen molar-refractivity contribution in [3.63, 3.8) is 0 Å². The number of imidazole rings is 1. The van der Waals surface area contributed by atoms with Crippen molar-refractivity contribution < 1.29 is 14.9 Å². The molecule has 1 saturated heterocycles. The van der Waals surface area contributed by atoms with E-state index in [0.717, 1.165) is 0 Å². The quantitative estimate of drug-likeness (QED) is 0.696. The molecule has 0 saturated carbocycles. The molecule has 0 aliphatic carbocycles. The summed E-state index contributed by atoms with van der Waals surface area (Å²) in [5.41, 5.74) is 1.27. The highest BCUT2D eigenvalue weighted by Crippen LogP contribution is 2.31. The molecule has 1 aliphatic rings. The number of H-pyrrole nitrogens is 1. The summed E-state index contributed by atoms with van der Waals surface area (Å²) in [6, 6.07) is 0. The summed E-state index contributed by atoms with van der Waals surface area (Å²) < 4.78 is 7.83. The first-order chi connectivity index (χ1) is 10.0. The molecule has 1 aliphatic heterocycles. The highest BCUT2D eigenvalue weighted by Gasteiger charge is 2.35. The van der Waals surface area contributed by atoms with Crippen molar-refractivity contribution in [2.75, 3.05) is 25.6 Å². The van der Waals surface area contributed by atoms with E-state index < -0.39 is 18.4 Å². The largest absolute Gasteiger partial charge is 0.394 e. The van der Waals surface area contributed by atoms with Crippen LogP contribution in [0.3, 0.4) is 0 Å². The number of hydrogen-bond acceptors (Lipinski definition) is 7. The molecular weight excluding hydrogens is 294 g/mol. The van der Waals surface area contributed by atoms with Crippen LogP contribution in [0.1, 0.15) is 12.6 Å². The van der Waals surface area contributed by atoms with Crippen LogP contribution >= 0.6 is 12.2 Å². The zero-order chi connectivity index (χ0) is 15.1. The second-order valence-electron chi connectivity index (χ2n) is 5.22. The molecule has 0 amide bonds. The Morgan fingerprint density at radius 2 is 2.33 bits per heavy atom. The number of anilines is 1. The van der Waals surface area contributed by atoms with Gasteiger partial charge in [0.15, 0.2) is 4.64 Å². The summed E-state index contributed by atoms with van der Waals surface area (Å²) in [4.78, 5) is 13.5. The van der Waals surface area contributed by atoms with E-state index in [1.165, 1.54) is 0 Å². The third kappa shape index (κ3) is 2.42. The molecule has 3 atom stereocenters. The molecule has 2 aromatic heterocycles. The Morgan fingerprint density at radius 3 is 2.95 bits per heavy atom. The summed E-state index contributed by atoms with van der Waals surface area (Å²) in [5.74, 6) is 0.617. The zero-order valence-corrected chi connectivity index (χ0v) is 12.5. The molecule has 0 aromatic carbocycles. The lowest BCUT2D eigenvalue weighted by Crippen LogP contribution is -2.24. The van der Waals surface area contributed by atoms with E-state index in [1.54, 1.807) is 10.9 Å². The second-order valence-corrected chi connectivity index (χ2v) is 5.61. The van der Waals surface area contributed by atoms with Gasteiger partial charge in [-0.2, -0.15) is 0 Å². The maximum atomic E-state index is 9.86. The maximum Gasteiger partial charge on any atom is 0.205 e. The molecule has 8 nitrogen and oxygen atoms in total. The number of fused-ring (bicyclic) bond motifs is 1. The highest BCUT2D eigenvalue weighted by atomic mass is 32.1. The van der Waals surface area contributed by atoms with Gasteiger partial charge in [0, 0.05) is 20.5 Å². The van der Waals surface area contributed by atoms with Gasteiger partial charge in [0.05, 0.1) is 19.0 Å². The fourth-order valence-electron chi connectivity index (χ4n) is 2.40. The van der Waals surface area contributed by atoms with Crippen LogP contribution in [0.4, 0.5) is 5.95 Å². The van der Waals surface area contributed by atoms with Gasteiger partial charge in [-0.25, -0.2) is 9.97 Å². The van der Waals surface area contributed by atoms with Gasteiger partial charge in [-0.3, -0.25) is 4.57 Å². The zero-order valence-electron chi connectivity index (χ0n) is 11.7. The molecule has 0 spiro atoms. The number of ether oxygens (including phenoxy) is 1. The summed E-state index contributed by atoms with van der Waals surface area (Å²) in [6.07, 6.45) is 0.318. The molecule has 2 aromatic rings. The Hall–Kier alpha value is -1.55. The van der Waals surface area contributed by atoms with Crippen LogP contribution in [0, 0.1) is 4.64 Å². The molecule has 0 bridgehead atoms. The van der Waals surface area contributed by atoms with Crippen LogP contribution in [-0.2, 0) is 4.74 Å². The standard InChI is InChI=1S/C12H17N5O3S/c1-16(2)12-14-10-9(11(21)15-12)13-5-17(10)8-3-6(19)7(4-18)20-8/h5-8,18-19H,3-4H2,1-2H3,(H,14,15,21)/t6-,7+,8-/m1/s1. The predicted octanol–water partition coefficient (Wildman–Crippen LogP) is 0.196. The molecule has 114 valence electrons. The van der Waals surface area contributed by atoms with Crippen molar-refractivity contribution in [1.29, 1.82) is 0 Å². The molecule has 3 N–H and O–H groups in total. The Labute approximate surface area is 126 Å². The summed E-state index contributed by atoms with van der Waals surface area (Å²) >= 11 is 5.25. The highest BCUT2D eigenvalue weighted by molar-refractivity contribution is 7.71. The van der Waals surface area contributed by atoms with E-state index >= 15 is 0 Å². The van der Waals surface area contributed by atoms with Gasteiger partial charge >= 0.3 is 0 Å². The topological polar surface area (TPSA) is 99.4 Å². The number of nitrogens with zero attached hydrogens (tertiary/aromatic N) is 4. The van der Waals surface area contributed by atoms with Crippen LogP contribution in [0.5, 0.6) is 0 Å². The first kappa shape index (κ1) is 14.4. The first-order valence-corrected chi connectivity index (χ1v) is 7.00. The van der Waals surface area contributed by atoms with Crippen molar-refractivity contribution in [3.8, 4) is 0 Å². The van der Waals surface area contributed by atoms with Gasteiger partial charge in [0.25, 0.3) is 0 Å². The average Bonchev–Trinajstić information content (AvgIpc) is 3.01. The molecule has 0 unspecified atom stereocenters.